The van der Waals surface area contributed by atoms with E-state index in [1.54, 1.807) is 11.3 Å². The third-order valence-corrected chi connectivity index (χ3v) is 4.03. The van der Waals surface area contributed by atoms with Gasteiger partial charge in [0.25, 0.3) is 0 Å². The molecule has 2 atom stereocenters. The maximum atomic E-state index is 5.91. The molecule has 1 aromatic rings. The molecule has 2 unspecified atom stereocenters. The highest BCUT2D eigenvalue weighted by Gasteiger charge is 2.38. The number of hydrogen-bond donors (Lipinski definition) is 1. The van der Waals surface area contributed by atoms with Gasteiger partial charge in [-0.1, -0.05) is 25.4 Å². The van der Waals surface area contributed by atoms with Gasteiger partial charge in [-0.25, -0.2) is 0 Å². The van der Waals surface area contributed by atoms with E-state index in [4.69, 9.17) is 11.6 Å². The molecule has 0 amide bonds. The van der Waals surface area contributed by atoms with E-state index in [0.717, 1.165) is 22.7 Å². The largest absolute Gasteiger partial charge is 0.314 e. The number of nitrogens with one attached hydrogen (secondary N) is 1. The second-order valence-corrected chi connectivity index (χ2v) is 6.05. The number of halogens is 1. The lowest BCUT2D eigenvalue weighted by Gasteiger charge is -2.06. The molecule has 1 heterocycles. The van der Waals surface area contributed by atoms with Crippen LogP contribution in [0.5, 0.6) is 0 Å². The molecule has 0 bridgehead atoms. The van der Waals surface area contributed by atoms with Gasteiger partial charge in [0, 0.05) is 10.9 Å². The highest BCUT2D eigenvalue weighted by atomic mass is 35.5. The van der Waals surface area contributed by atoms with Gasteiger partial charge in [0.2, 0.25) is 0 Å². The van der Waals surface area contributed by atoms with Crippen molar-refractivity contribution in [2.24, 2.45) is 5.92 Å². The molecule has 3 heteroatoms. The third-order valence-electron chi connectivity index (χ3n) is 2.67. The molecule has 1 aromatic heterocycles. The van der Waals surface area contributed by atoms with Crippen LogP contribution in [0.2, 0.25) is 4.34 Å². The van der Waals surface area contributed by atoms with E-state index < -0.39 is 0 Å². The first kappa shape index (κ1) is 10.5. The van der Waals surface area contributed by atoms with Crippen molar-refractivity contribution in [3.8, 4) is 0 Å². The van der Waals surface area contributed by atoms with Crippen LogP contribution in [0.3, 0.4) is 0 Å². The normalized spacial score (nSPS) is 25.7. The van der Waals surface area contributed by atoms with E-state index in [1.807, 2.05) is 6.07 Å². The monoisotopic (exact) mass is 229 g/mol. The minimum Gasteiger partial charge on any atom is -0.314 e. The molecule has 1 N–H and O–H groups in total. The molecule has 2 rings (SSSR count). The second-order valence-electron chi connectivity index (χ2n) is 4.31. The predicted molar refractivity (Wildman–Crippen MR) is 63.3 cm³/mol. The lowest BCUT2D eigenvalue weighted by atomic mass is 10.2. The molecule has 0 aromatic carbocycles. The Morgan fingerprint density at radius 1 is 1.57 bits per heavy atom. The van der Waals surface area contributed by atoms with E-state index >= 15 is 0 Å². The summed E-state index contributed by atoms with van der Waals surface area (Å²) in [5, 5.41) is 3.49. The maximum absolute atomic E-state index is 5.91. The third kappa shape index (κ3) is 2.50. The van der Waals surface area contributed by atoms with E-state index in [1.165, 1.54) is 11.3 Å². The lowest BCUT2D eigenvalue weighted by molar-refractivity contribution is 0.555. The van der Waals surface area contributed by atoms with Crippen LogP contribution in [0.15, 0.2) is 12.1 Å². The van der Waals surface area contributed by atoms with Crippen LogP contribution in [0.4, 0.5) is 0 Å². The SMILES string of the molecule is CC(C)NCC1CC1c1ccc(Cl)s1. The van der Waals surface area contributed by atoms with Crippen molar-refractivity contribution < 1.29 is 0 Å². The molecule has 78 valence electrons. The molecule has 0 aliphatic heterocycles. The van der Waals surface area contributed by atoms with Crippen molar-refractivity contribution in [3.05, 3.63) is 21.3 Å². The van der Waals surface area contributed by atoms with Crippen molar-refractivity contribution in [2.75, 3.05) is 6.54 Å². The van der Waals surface area contributed by atoms with Crippen molar-refractivity contribution >= 4 is 22.9 Å². The zero-order valence-corrected chi connectivity index (χ0v) is 10.2. The van der Waals surface area contributed by atoms with Gasteiger partial charge in [-0.3, -0.25) is 0 Å². The summed E-state index contributed by atoms with van der Waals surface area (Å²) in [7, 11) is 0. The van der Waals surface area contributed by atoms with Crippen LogP contribution >= 0.6 is 22.9 Å². The topological polar surface area (TPSA) is 12.0 Å². The van der Waals surface area contributed by atoms with Gasteiger partial charge in [-0.15, -0.1) is 11.3 Å². The zero-order chi connectivity index (χ0) is 10.1. The molecular weight excluding hydrogens is 214 g/mol. The Balaban J connectivity index is 1.81. The van der Waals surface area contributed by atoms with Gasteiger partial charge in [0.15, 0.2) is 0 Å². The summed E-state index contributed by atoms with van der Waals surface area (Å²) in [5.74, 6) is 1.62. The quantitative estimate of drug-likeness (QED) is 0.834. The first-order valence-electron chi connectivity index (χ1n) is 5.15. The molecule has 1 nitrogen and oxygen atoms in total. The minimum absolute atomic E-state index is 0.600. The summed E-state index contributed by atoms with van der Waals surface area (Å²) >= 11 is 7.64. The standard InChI is InChI=1S/C11H16ClNS/c1-7(2)13-6-8-5-9(8)10-3-4-11(12)14-10/h3-4,7-9,13H,5-6H2,1-2H3. The average molecular weight is 230 g/mol. The smallest absolute Gasteiger partial charge is 0.0931 e. The van der Waals surface area contributed by atoms with Crippen LogP contribution in [-0.2, 0) is 0 Å². The molecule has 1 fully saturated rings. The summed E-state index contributed by atoms with van der Waals surface area (Å²) in [6.45, 7) is 5.54. The number of thiophene rings is 1. The first-order chi connectivity index (χ1) is 6.66. The predicted octanol–water partition coefficient (Wildman–Crippen LogP) is 3.50. The molecule has 14 heavy (non-hydrogen) atoms. The summed E-state index contributed by atoms with van der Waals surface area (Å²) in [6, 6.07) is 4.78. The second kappa shape index (κ2) is 4.21. The highest BCUT2D eigenvalue weighted by Crippen LogP contribution is 2.49. The van der Waals surface area contributed by atoms with E-state index in [-0.39, 0.29) is 0 Å². The molecule has 1 aliphatic rings. The molecule has 0 radical (unpaired) electrons. The fourth-order valence-electron chi connectivity index (χ4n) is 1.74. The van der Waals surface area contributed by atoms with Gasteiger partial charge in [-0.05, 0) is 36.9 Å². The Morgan fingerprint density at radius 3 is 2.93 bits per heavy atom. The lowest BCUT2D eigenvalue weighted by Crippen LogP contribution is -2.25. The molecule has 1 aliphatic carbocycles. The van der Waals surface area contributed by atoms with Gasteiger partial charge < -0.3 is 5.32 Å². The maximum Gasteiger partial charge on any atom is 0.0931 e. The Kier molecular flexibility index (Phi) is 3.15. The van der Waals surface area contributed by atoms with Crippen molar-refractivity contribution in [1.29, 1.82) is 0 Å². The van der Waals surface area contributed by atoms with Gasteiger partial charge >= 0.3 is 0 Å². The van der Waals surface area contributed by atoms with Gasteiger partial charge in [0.1, 0.15) is 0 Å². The Bertz CT molecular complexity index is 308. The van der Waals surface area contributed by atoms with Gasteiger partial charge in [-0.2, -0.15) is 0 Å². The number of hydrogen-bond acceptors (Lipinski definition) is 2. The zero-order valence-electron chi connectivity index (χ0n) is 8.59. The van der Waals surface area contributed by atoms with Crippen molar-refractivity contribution in [1.82, 2.24) is 5.32 Å². The van der Waals surface area contributed by atoms with Crippen LogP contribution in [0.25, 0.3) is 0 Å². The molecule has 0 saturated heterocycles. The van der Waals surface area contributed by atoms with Crippen LogP contribution in [0, 0.1) is 5.92 Å². The summed E-state index contributed by atoms with van der Waals surface area (Å²) in [5.41, 5.74) is 0. The molecule has 0 spiro atoms. The summed E-state index contributed by atoms with van der Waals surface area (Å²) in [6.07, 6.45) is 1.33. The van der Waals surface area contributed by atoms with Crippen molar-refractivity contribution in [3.63, 3.8) is 0 Å². The summed E-state index contributed by atoms with van der Waals surface area (Å²) in [4.78, 5) is 1.46. The van der Waals surface area contributed by atoms with E-state index in [2.05, 4.69) is 25.2 Å². The van der Waals surface area contributed by atoms with Crippen LogP contribution in [0.1, 0.15) is 31.1 Å². The fourth-order valence-corrected chi connectivity index (χ4v) is 3.00. The summed E-state index contributed by atoms with van der Waals surface area (Å²) < 4.78 is 0.919. The Morgan fingerprint density at radius 2 is 2.36 bits per heavy atom. The molecule has 1 saturated carbocycles. The van der Waals surface area contributed by atoms with E-state index in [9.17, 15) is 0 Å². The highest BCUT2D eigenvalue weighted by molar-refractivity contribution is 7.16. The Labute approximate surface area is 94.5 Å². The van der Waals surface area contributed by atoms with Gasteiger partial charge in [0.05, 0.1) is 4.34 Å². The first-order valence-corrected chi connectivity index (χ1v) is 6.35. The Hall–Kier alpha value is -0.0500. The minimum atomic E-state index is 0.600. The van der Waals surface area contributed by atoms with Crippen molar-refractivity contribution in [2.45, 2.75) is 32.2 Å². The molecular formula is C11H16ClNS. The number of rotatable bonds is 4. The average Bonchev–Trinajstić information content (AvgIpc) is 2.78. The fraction of sp³-hybridized carbons (Fsp3) is 0.636. The van der Waals surface area contributed by atoms with E-state index in [0.29, 0.717) is 6.04 Å². The van der Waals surface area contributed by atoms with Crippen LogP contribution < -0.4 is 5.32 Å². The van der Waals surface area contributed by atoms with Crippen LogP contribution in [-0.4, -0.2) is 12.6 Å².